The molecule has 5 heteroatoms. The van der Waals surface area contributed by atoms with Gasteiger partial charge in [0.15, 0.2) is 0 Å². The van der Waals surface area contributed by atoms with E-state index < -0.39 is 0 Å². The summed E-state index contributed by atoms with van der Waals surface area (Å²) in [7, 11) is 0. The van der Waals surface area contributed by atoms with Gasteiger partial charge in [-0.25, -0.2) is 5.26 Å². The van der Waals surface area contributed by atoms with E-state index in [1.165, 1.54) is 0 Å². The highest BCUT2D eigenvalue weighted by molar-refractivity contribution is 7.94. The lowest BCUT2D eigenvalue weighted by Crippen LogP contribution is -2.03. The van der Waals surface area contributed by atoms with Crippen LogP contribution in [0.15, 0.2) is 29.2 Å². The van der Waals surface area contributed by atoms with E-state index >= 15 is 0 Å². The van der Waals surface area contributed by atoms with Crippen LogP contribution in [0.4, 0.5) is 0 Å². The maximum Gasteiger partial charge on any atom is 0.0717 e. The Balaban J connectivity index is 2.66. The summed E-state index contributed by atoms with van der Waals surface area (Å²) in [5.74, 6) is 0. The molecule has 0 saturated carbocycles. The Labute approximate surface area is 80.7 Å². The molecule has 13 heavy (non-hydrogen) atoms. The minimum Gasteiger partial charge on any atom is -0.330 e. The van der Waals surface area contributed by atoms with Crippen LogP contribution in [-0.4, -0.2) is 11.8 Å². The lowest BCUT2D eigenvalue weighted by molar-refractivity contribution is -0.432. The quantitative estimate of drug-likeness (QED) is 0.430. The van der Waals surface area contributed by atoms with Gasteiger partial charge in [0.05, 0.1) is 12.0 Å². The van der Waals surface area contributed by atoms with Crippen LogP contribution in [0.2, 0.25) is 0 Å². The highest BCUT2D eigenvalue weighted by Gasteiger charge is 2.02. The van der Waals surface area contributed by atoms with Crippen molar-refractivity contribution in [3.8, 4) is 0 Å². The van der Waals surface area contributed by atoms with Gasteiger partial charge in [-0.2, -0.15) is 0 Å². The van der Waals surface area contributed by atoms with Gasteiger partial charge in [0.1, 0.15) is 0 Å². The fourth-order valence-corrected chi connectivity index (χ4v) is 1.51. The molecule has 1 aromatic rings. The highest BCUT2D eigenvalue weighted by atomic mass is 32.2. The molecule has 0 saturated heterocycles. The summed E-state index contributed by atoms with van der Waals surface area (Å²) in [5.41, 5.74) is 6.50. The van der Waals surface area contributed by atoms with Crippen LogP contribution < -0.4 is 5.73 Å². The summed E-state index contributed by atoms with van der Waals surface area (Å²) in [6.45, 7) is 0.581. The molecule has 72 valence electrons. The summed E-state index contributed by atoms with van der Waals surface area (Å²) in [6.07, 6.45) is 0.776. The van der Waals surface area contributed by atoms with Crippen LogP contribution in [0.25, 0.3) is 0 Å². The molecule has 0 aromatic heterocycles. The number of benzene rings is 1. The van der Waals surface area contributed by atoms with Gasteiger partial charge in [-0.05, 0) is 24.6 Å². The predicted octanol–water partition coefficient (Wildman–Crippen LogP) is 1.62. The Morgan fingerprint density at radius 1 is 1.38 bits per heavy atom. The van der Waals surface area contributed by atoms with E-state index in [1.807, 2.05) is 24.3 Å². The van der Waals surface area contributed by atoms with Crippen LogP contribution in [0.1, 0.15) is 5.56 Å². The third-order valence-electron chi connectivity index (χ3n) is 1.54. The highest BCUT2D eigenvalue weighted by Crippen LogP contribution is 2.23. The zero-order valence-corrected chi connectivity index (χ0v) is 7.79. The van der Waals surface area contributed by atoms with Crippen molar-refractivity contribution in [1.82, 2.24) is 0 Å². The second-order valence-corrected chi connectivity index (χ2v) is 3.11. The molecule has 0 aliphatic rings. The maximum absolute atomic E-state index is 7.98. The van der Waals surface area contributed by atoms with Crippen LogP contribution in [0, 0.1) is 0 Å². The van der Waals surface area contributed by atoms with Gasteiger partial charge in [-0.3, -0.25) is 0 Å². The standard InChI is InChI=1S/C8H11NO3S/c9-6-5-7-3-1-2-4-8(7)13-12-11-10/h1-4,10H,5-6,9H2. The fourth-order valence-electron chi connectivity index (χ4n) is 0.999. The lowest BCUT2D eigenvalue weighted by Gasteiger charge is -2.04. The normalized spacial score (nSPS) is 10.3. The van der Waals surface area contributed by atoms with Gasteiger partial charge in [0.2, 0.25) is 0 Å². The zero-order valence-electron chi connectivity index (χ0n) is 6.97. The summed E-state index contributed by atoms with van der Waals surface area (Å²) in [6, 6.07) is 7.63. The number of hydrogen-bond acceptors (Lipinski definition) is 5. The van der Waals surface area contributed by atoms with E-state index in [0.717, 1.165) is 28.9 Å². The molecular formula is C8H11NO3S. The summed E-state index contributed by atoms with van der Waals surface area (Å²) in [5, 5.41) is 11.5. The van der Waals surface area contributed by atoms with Crippen LogP contribution in [0.5, 0.6) is 0 Å². The van der Waals surface area contributed by atoms with Crippen molar-refractivity contribution in [2.24, 2.45) is 5.73 Å². The largest absolute Gasteiger partial charge is 0.330 e. The third-order valence-corrected chi connectivity index (χ3v) is 2.25. The molecule has 1 rings (SSSR count). The Morgan fingerprint density at radius 2 is 2.15 bits per heavy atom. The van der Waals surface area contributed by atoms with Gasteiger partial charge in [-0.15, -0.1) is 4.33 Å². The topological polar surface area (TPSA) is 64.7 Å². The third kappa shape index (κ3) is 3.33. The van der Waals surface area contributed by atoms with E-state index in [4.69, 9.17) is 11.0 Å². The van der Waals surface area contributed by atoms with Crippen molar-refractivity contribution in [3.05, 3.63) is 29.8 Å². The minimum absolute atomic E-state index is 0.581. The second kappa shape index (κ2) is 5.95. The molecular weight excluding hydrogens is 190 g/mol. The van der Waals surface area contributed by atoms with Crippen LogP contribution in [-0.2, 0) is 15.8 Å². The first-order chi connectivity index (χ1) is 6.38. The molecule has 0 heterocycles. The molecule has 0 amide bonds. The van der Waals surface area contributed by atoms with Gasteiger partial charge in [-0.1, -0.05) is 23.2 Å². The molecule has 0 radical (unpaired) electrons. The van der Waals surface area contributed by atoms with E-state index in [9.17, 15) is 0 Å². The second-order valence-electron chi connectivity index (χ2n) is 2.37. The summed E-state index contributed by atoms with van der Waals surface area (Å²) in [4.78, 5) is 0.891. The summed E-state index contributed by atoms with van der Waals surface area (Å²) >= 11 is 0.959. The van der Waals surface area contributed by atoms with Crippen LogP contribution >= 0.6 is 12.0 Å². The van der Waals surface area contributed by atoms with E-state index in [2.05, 4.69) is 9.37 Å². The van der Waals surface area contributed by atoms with Crippen molar-refractivity contribution in [1.29, 1.82) is 0 Å². The zero-order chi connectivity index (χ0) is 9.52. The molecule has 0 aliphatic heterocycles. The molecule has 0 bridgehead atoms. The molecule has 0 atom stereocenters. The maximum atomic E-state index is 7.98. The smallest absolute Gasteiger partial charge is 0.0717 e. The monoisotopic (exact) mass is 201 g/mol. The molecule has 3 N–H and O–H groups in total. The number of hydrogen-bond donors (Lipinski definition) is 2. The molecule has 0 spiro atoms. The van der Waals surface area contributed by atoms with E-state index in [1.54, 1.807) is 0 Å². The first-order valence-corrected chi connectivity index (χ1v) is 4.55. The van der Waals surface area contributed by atoms with Gasteiger partial charge in [0, 0.05) is 4.90 Å². The van der Waals surface area contributed by atoms with Crippen molar-refractivity contribution in [2.45, 2.75) is 11.3 Å². The Kier molecular flexibility index (Phi) is 4.81. The number of rotatable bonds is 5. The van der Waals surface area contributed by atoms with E-state index in [0.29, 0.717) is 6.54 Å². The Bertz CT molecular complexity index is 257. The number of nitrogens with two attached hydrogens (primary N) is 1. The summed E-state index contributed by atoms with van der Waals surface area (Å²) < 4.78 is 4.34. The van der Waals surface area contributed by atoms with Gasteiger partial charge in [0.25, 0.3) is 0 Å². The van der Waals surface area contributed by atoms with Gasteiger partial charge < -0.3 is 5.73 Å². The SMILES string of the molecule is NCCc1ccccc1SOOO. The first-order valence-electron chi connectivity index (χ1n) is 3.81. The van der Waals surface area contributed by atoms with Crippen molar-refractivity contribution < 1.29 is 14.6 Å². The average molecular weight is 201 g/mol. The van der Waals surface area contributed by atoms with Crippen LogP contribution in [0.3, 0.4) is 0 Å². The average Bonchev–Trinajstić information content (AvgIpc) is 2.17. The Hall–Kier alpha value is -0.590. The molecule has 0 fully saturated rings. The predicted molar refractivity (Wildman–Crippen MR) is 49.9 cm³/mol. The van der Waals surface area contributed by atoms with Crippen molar-refractivity contribution >= 4 is 12.0 Å². The molecule has 0 aliphatic carbocycles. The van der Waals surface area contributed by atoms with E-state index in [-0.39, 0.29) is 0 Å². The first kappa shape index (κ1) is 10.5. The minimum atomic E-state index is 0.581. The fraction of sp³-hybridized carbons (Fsp3) is 0.250. The van der Waals surface area contributed by atoms with Crippen molar-refractivity contribution in [2.75, 3.05) is 6.54 Å². The molecule has 1 aromatic carbocycles. The lowest BCUT2D eigenvalue weighted by atomic mass is 10.1. The van der Waals surface area contributed by atoms with Gasteiger partial charge >= 0.3 is 0 Å². The van der Waals surface area contributed by atoms with Crippen molar-refractivity contribution in [3.63, 3.8) is 0 Å². The molecule has 0 unspecified atom stereocenters. The Morgan fingerprint density at radius 3 is 2.85 bits per heavy atom. The molecule has 4 nitrogen and oxygen atoms in total.